The highest BCUT2D eigenvalue weighted by molar-refractivity contribution is 5.85. The van der Waals surface area contributed by atoms with Gasteiger partial charge in [0.25, 0.3) is 0 Å². The van der Waals surface area contributed by atoms with Crippen molar-refractivity contribution in [3.63, 3.8) is 0 Å². The highest BCUT2D eigenvalue weighted by Crippen LogP contribution is 2.09. The number of ether oxygens (including phenoxy) is 1. The summed E-state index contributed by atoms with van der Waals surface area (Å²) in [6, 6.07) is -1.07. The zero-order valence-corrected chi connectivity index (χ0v) is 11.2. The number of carboxylic acid groups (broad SMARTS) is 1. The number of amides is 1. The van der Waals surface area contributed by atoms with Gasteiger partial charge in [-0.05, 0) is 13.3 Å². The Morgan fingerprint density at radius 2 is 1.78 bits per heavy atom. The maximum absolute atomic E-state index is 11.4. The van der Waals surface area contributed by atoms with Crippen molar-refractivity contribution in [3.05, 3.63) is 0 Å². The van der Waals surface area contributed by atoms with E-state index in [1.807, 2.05) is 0 Å². The maximum atomic E-state index is 11.4. The van der Waals surface area contributed by atoms with Crippen molar-refractivity contribution in [2.24, 2.45) is 11.8 Å². The summed E-state index contributed by atoms with van der Waals surface area (Å²) in [5.41, 5.74) is 0. The number of hydrogen-bond acceptors (Lipinski definition) is 4. The second-order valence-electron chi connectivity index (χ2n) is 4.44. The molecule has 0 radical (unpaired) electrons. The van der Waals surface area contributed by atoms with Crippen molar-refractivity contribution in [3.8, 4) is 0 Å². The molecular weight excluding hydrogens is 238 g/mol. The SMILES string of the molecule is CCOC(=O)[C@H](C)C[C@@H](NC(=O)C(C)C)C(=O)O. The lowest BCUT2D eigenvalue weighted by molar-refractivity contribution is -0.149. The van der Waals surface area contributed by atoms with Gasteiger partial charge in [0.05, 0.1) is 12.5 Å². The van der Waals surface area contributed by atoms with Crippen molar-refractivity contribution in [1.29, 1.82) is 0 Å². The Hall–Kier alpha value is -1.59. The molecule has 0 aliphatic heterocycles. The number of carboxylic acids is 1. The zero-order valence-electron chi connectivity index (χ0n) is 11.2. The molecule has 0 aliphatic rings. The van der Waals surface area contributed by atoms with E-state index in [-0.39, 0.29) is 24.9 Å². The fourth-order valence-electron chi connectivity index (χ4n) is 1.29. The fourth-order valence-corrected chi connectivity index (χ4v) is 1.29. The first-order valence-corrected chi connectivity index (χ1v) is 5.99. The second-order valence-corrected chi connectivity index (χ2v) is 4.44. The van der Waals surface area contributed by atoms with Crippen LogP contribution in [0, 0.1) is 11.8 Å². The van der Waals surface area contributed by atoms with E-state index < -0.39 is 23.9 Å². The summed E-state index contributed by atoms with van der Waals surface area (Å²) in [5.74, 6) is -2.83. The smallest absolute Gasteiger partial charge is 0.326 e. The highest BCUT2D eigenvalue weighted by Gasteiger charge is 2.26. The van der Waals surface area contributed by atoms with Crippen molar-refractivity contribution in [2.45, 2.75) is 40.2 Å². The third-order valence-electron chi connectivity index (χ3n) is 2.42. The van der Waals surface area contributed by atoms with E-state index in [1.54, 1.807) is 27.7 Å². The van der Waals surface area contributed by atoms with Gasteiger partial charge >= 0.3 is 11.9 Å². The summed E-state index contributed by atoms with van der Waals surface area (Å²) >= 11 is 0. The number of esters is 1. The van der Waals surface area contributed by atoms with E-state index in [4.69, 9.17) is 9.84 Å². The lowest BCUT2D eigenvalue weighted by Crippen LogP contribution is -2.44. The van der Waals surface area contributed by atoms with Crippen LogP contribution in [0.3, 0.4) is 0 Å². The molecule has 0 bridgehead atoms. The van der Waals surface area contributed by atoms with Crippen LogP contribution in [-0.4, -0.2) is 35.6 Å². The lowest BCUT2D eigenvalue weighted by atomic mass is 10.0. The predicted octanol–water partition coefficient (Wildman–Crippen LogP) is 0.801. The molecule has 1 amide bonds. The van der Waals surface area contributed by atoms with Crippen molar-refractivity contribution in [1.82, 2.24) is 5.32 Å². The second kappa shape index (κ2) is 7.68. The number of hydrogen-bond donors (Lipinski definition) is 2. The molecule has 0 spiro atoms. The Morgan fingerprint density at radius 1 is 1.22 bits per heavy atom. The van der Waals surface area contributed by atoms with E-state index in [0.717, 1.165) is 0 Å². The first kappa shape index (κ1) is 16.4. The van der Waals surface area contributed by atoms with Gasteiger partial charge in [-0.1, -0.05) is 20.8 Å². The van der Waals surface area contributed by atoms with Gasteiger partial charge in [-0.2, -0.15) is 0 Å². The molecule has 0 heterocycles. The molecule has 104 valence electrons. The standard InChI is InChI=1S/C12H21NO5/c1-5-18-12(17)8(4)6-9(11(15)16)13-10(14)7(2)3/h7-9H,5-6H2,1-4H3,(H,13,14)(H,15,16)/t8-,9-/m1/s1. The molecule has 0 aromatic rings. The van der Waals surface area contributed by atoms with Crippen LogP contribution >= 0.6 is 0 Å². The van der Waals surface area contributed by atoms with Gasteiger partial charge in [-0.25, -0.2) is 4.79 Å². The molecule has 0 saturated carbocycles. The molecule has 0 aromatic heterocycles. The summed E-state index contributed by atoms with van der Waals surface area (Å²) in [6.07, 6.45) is 0.0205. The minimum atomic E-state index is -1.15. The molecule has 2 N–H and O–H groups in total. The van der Waals surface area contributed by atoms with Crippen LogP contribution in [0.15, 0.2) is 0 Å². The van der Waals surface area contributed by atoms with E-state index in [2.05, 4.69) is 5.32 Å². The Labute approximate surface area is 107 Å². The zero-order chi connectivity index (χ0) is 14.3. The molecule has 6 heteroatoms. The fraction of sp³-hybridized carbons (Fsp3) is 0.750. The number of nitrogens with one attached hydrogen (secondary N) is 1. The van der Waals surface area contributed by atoms with E-state index in [0.29, 0.717) is 0 Å². The van der Waals surface area contributed by atoms with Gasteiger partial charge < -0.3 is 15.2 Å². The van der Waals surface area contributed by atoms with Crippen LogP contribution in [-0.2, 0) is 19.1 Å². The average Bonchev–Trinajstić information content (AvgIpc) is 2.27. The minimum absolute atomic E-state index is 0.0205. The maximum Gasteiger partial charge on any atom is 0.326 e. The van der Waals surface area contributed by atoms with Crippen molar-refractivity contribution in [2.75, 3.05) is 6.61 Å². The summed E-state index contributed by atoms with van der Waals surface area (Å²) in [7, 11) is 0. The molecule has 0 unspecified atom stereocenters. The molecule has 0 fully saturated rings. The number of carbonyl (C=O) groups excluding carboxylic acids is 2. The molecule has 0 rings (SSSR count). The third-order valence-corrected chi connectivity index (χ3v) is 2.42. The van der Waals surface area contributed by atoms with Crippen molar-refractivity contribution >= 4 is 17.8 Å². The van der Waals surface area contributed by atoms with E-state index in [9.17, 15) is 14.4 Å². The van der Waals surface area contributed by atoms with Crippen LogP contribution in [0.5, 0.6) is 0 Å². The minimum Gasteiger partial charge on any atom is -0.480 e. The quantitative estimate of drug-likeness (QED) is 0.660. The molecule has 18 heavy (non-hydrogen) atoms. The van der Waals surface area contributed by atoms with Crippen LogP contribution in [0.4, 0.5) is 0 Å². The Kier molecular flexibility index (Phi) is 7.00. The Balaban J connectivity index is 4.49. The van der Waals surface area contributed by atoms with Gasteiger partial charge in [0, 0.05) is 5.92 Å². The Morgan fingerprint density at radius 3 is 2.17 bits per heavy atom. The van der Waals surface area contributed by atoms with Crippen LogP contribution in [0.25, 0.3) is 0 Å². The first-order chi connectivity index (χ1) is 8.29. The predicted molar refractivity (Wildman–Crippen MR) is 64.8 cm³/mol. The van der Waals surface area contributed by atoms with E-state index in [1.165, 1.54) is 0 Å². The number of aliphatic carboxylic acids is 1. The van der Waals surface area contributed by atoms with Crippen LogP contribution < -0.4 is 5.32 Å². The molecule has 6 nitrogen and oxygen atoms in total. The third kappa shape index (κ3) is 5.65. The summed E-state index contributed by atoms with van der Waals surface area (Å²) in [6.45, 7) is 6.85. The summed E-state index contributed by atoms with van der Waals surface area (Å²) < 4.78 is 4.79. The van der Waals surface area contributed by atoms with Gasteiger partial charge in [0.2, 0.25) is 5.91 Å². The summed E-state index contributed by atoms with van der Waals surface area (Å²) in [4.78, 5) is 33.8. The van der Waals surface area contributed by atoms with Gasteiger partial charge in [-0.3, -0.25) is 9.59 Å². The summed E-state index contributed by atoms with van der Waals surface area (Å²) in [5, 5.41) is 11.4. The number of carbonyl (C=O) groups is 3. The monoisotopic (exact) mass is 259 g/mol. The number of rotatable bonds is 7. The Bertz CT molecular complexity index is 314. The molecule has 0 aliphatic carbocycles. The normalized spacial score (nSPS) is 13.8. The first-order valence-electron chi connectivity index (χ1n) is 5.99. The molecule has 0 aromatic carbocycles. The highest BCUT2D eigenvalue weighted by atomic mass is 16.5. The van der Waals surface area contributed by atoms with Gasteiger partial charge in [-0.15, -0.1) is 0 Å². The topological polar surface area (TPSA) is 92.7 Å². The van der Waals surface area contributed by atoms with Crippen LogP contribution in [0.1, 0.15) is 34.1 Å². The molecule has 0 saturated heterocycles. The van der Waals surface area contributed by atoms with Crippen molar-refractivity contribution < 1.29 is 24.2 Å². The molecule has 2 atom stereocenters. The van der Waals surface area contributed by atoms with Gasteiger partial charge in [0.1, 0.15) is 6.04 Å². The van der Waals surface area contributed by atoms with Gasteiger partial charge in [0.15, 0.2) is 0 Å². The molecular formula is C12H21NO5. The van der Waals surface area contributed by atoms with E-state index >= 15 is 0 Å². The average molecular weight is 259 g/mol. The van der Waals surface area contributed by atoms with Crippen LogP contribution in [0.2, 0.25) is 0 Å². The largest absolute Gasteiger partial charge is 0.480 e. The lowest BCUT2D eigenvalue weighted by Gasteiger charge is -2.19.